The van der Waals surface area contributed by atoms with E-state index in [-0.39, 0.29) is 11.6 Å². The molecule has 0 aliphatic carbocycles. The van der Waals surface area contributed by atoms with Gasteiger partial charge in [0.15, 0.2) is 17.2 Å². The maximum Gasteiger partial charge on any atom is 0.363 e. The van der Waals surface area contributed by atoms with Gasteiger partial charge in [-0.05, 0) is 49.2 Å². The zero-order chi connectivity index (χ0) is 20.8. The molecular formula is C22H21Cl2NO4. The number of ether oxygens (including phenoxy) is 3. The Labute approximate surface area is 179 Å². The fraction of sp³-hybridized carbons (Fsp3) is 0.273. The van der Waals surface area contributed by atoms with Gasteiger partial charge in [-0.3, -0.25) is 0 Å². The van der Waals surface area contributed by atoms with Crippen LogP contribution in [-0.2, 0) is 9.53 Å². The SMILES string of the molecule is CCCCOc1c(Cl)cc(/C=C2\N=C(c3ccccc3Cl)OC2=O)cc1OCC. The Bertz CT molecular complexity index is 969. The summed E-state index contributed by atoms with van der Waals surface area (Å²) in [6, 6.07) is 10.5. The molecule has 1 aliphatic rings. The number of benzene rings is 2. The molecule has 1 heterocycles. The Morgan fingerprint density at radius 2 is 1.90 bits per heavy atom. The highest BCUT2D eigenvalue weighted by atomic mass is 35.5. The lowest BCUT2D eigenvalue weighted by atomic mass is 10.1. The van der Waals surface area contributed by atoms with Gasteiger partial charge in [-0.25, -0.2) is 9.79 Å². The molecule has 0 unspecified atom stereocenters. The molecule has 0 radical (unpaired) electrons. The van der Waals surface area contributed by atoms with Crippen molar-refractivity contribution in [1.29, 1.82) is 0 Å². The van der Waals surface area contributed by atoms with Gasteiger partial charge in [0, 0.05) is 0 Å². The molecule has 3 rings (SSSR count). The van der Waals surface area contributed by atoms with Gasteiger partial charge in [0.05, 0.1) is 28.8 Å². The first-order valence-electron chi connectivity index (χ1n) is 9.40. The van der Waals surface area contributed by atoms with E-state index in [9.17, 15) is 4.79 Å². The van der Waals surface area contributed by atoms with E-state index in [0.29, 0.717) is 45.9 Å². The minimum atomic E-state index is -0.558. The summed E-state index contributed by atoms with van der Waals surface area (Å²) < 4.78 is 16.7. The molecule has 0 amide bonds. The molecule has 0 saturated heterocycles. The maximum atomic E-state index is 12.3. The predicted molar refractivity (Wildman–Crippen MR) is 115 cm³/mol. The zero-order valence-corrected chi connectivity index (χ0v) is 17.7. The zero-order valence-electron chi connectivity index (χ0n) is 16.2. The second kappa shape index (κ2) is 9.81. The predicted octanol–water partition coefficient (Wildman–Crippen LogP) is 5.92. The lowest BCUT2D eigenvalue weighted by Crippen LogP contribution is -2.05. The molecule has 0 atom stereocenters. The van der Waals surface area contributed by atoms with E-state index in [0.717, 1.165) is 12.8 Å². The average Bonchev–Trinajstić information content (AvgIpc) is 3.04. The number of hydrogen-bond acceptors (Lipinski definition) is 5. The van der Waals surface area contributed by atoms with Gasteiger partial charge >= 0.3 is 5.97 Å². The number of nitrogens with zero attached hydrogens (tertiary/aromatic N) is 1. The van der Waals surface area contributed by atoms with Crippen LogP contribution in [0.4, 0.5) is 0 Å². The molecule has 29 heavy (non-hydrogen) atoms. The number of hydrogen-bond donors (Lipinski definition) is 0. The second-order valence-corrected chi connectivity index (χ2v) is 7.10. The molecule has 2 aromatic rings. The molecule has 7 heteroatoms. The van der Waals surface area contributed by atoms with Gasteiger partial charge in [0.25, 0.3) is 0 Å². The number of cyclic esters (lactones) is 1. The summed E-state index contributed by atoms with van der Waals surface area (Å²) in [6.45, 7) is 4.97. The number of esters is 1. The minimum Gasteiger partial charge on any atom is -0.490 e. The van der Waals surface area contributed by atoms with Gasteiger partial charge in [-0.2, -0.15) is 0 Å². The number of carbonyl (C=O) groups excluding carboxylic acids is 1. The van der Waals surface area contributed by atoms with E-state index in [4.69, 9.17) is 37.4 Å². The summed E-state index contributed by atoms with van der Waals surface area (Å²) in [5, 5.41) is 0.858. The quantitative estimate of drug-likeness (QED) is 0.294. The van der Waals surface area contributed by atoms with Crippen molar-refractivity contribution >= 4 is 41.1 Å². The third-order valence-electron chi connectivity index (χ3n) is 4.10. The molecule has 0 bridgehead atoms. The van der Waals surface area contributed by atoms with Crippen molar-refractivity contribution in [1.82, 2.24) is 0 Å². The van der Waals surface area contributed by atoms with Crippen LogP contribution in [0.3, 0.4) is 0 Å². The Balaban J connectivity index is 1.93. The Kier molecular flexibility index (Phi) is 7.18. The van der Waals surface area contributed by atoms with Crippen LogP contribution < -0.4 is 9.47 Å². The van der Waals surface area contributed by atoms with Gasteiger partial charge in [-0.1, -0.05) is 48.7 Å². The average molecular weight is 434 g/mol. The van der Waals surface area contributed by atoms with Crippen LogP contribution in [-0.4, -0.2) is 25.1 Å². The minimum absolute atomic E-state index is 0.151. The fourth-order valence-corrected chi connectivity index (χ4v) is 3.20. The van der Waals surface area contributed by atoms with Crippen LogP contribution in [0.5, 0.6) is 11.5 Å². The molecule has 1 aliphatic heterocycles. The maximum absolute atomic E-state index is 12.3. The first-order valence-corrected chi connectivity index (χ1v) is 10.2. The van der Waals surface area contributed by atoms with Crippen LogP contribution in [0.2, 0.25) is 10.0 Å². The summed E-state index contributed by atoms with van der Waals surface area (Å²) in [7, 11) is 0. The first kappa shape index (κ1) is 21.2. The van der Waals surface area contributed by atoms with Crippen molar-refractivity contribution < 1.29 is 19.0 Å². The van der Waals surface area contributed by atoms with Gasteiger partial charge in [-0.15, -0.1) is 0 Å². The molecule has 2 aromatic carbocycles. The highest BCUT2D eigenvalue weighted by Crippen LogP contribution is 2.38. The van der Waals surface area contributed by atoms with Crippen LogP contribution in [0.1, 0.15) is 37.8 Å². The Morgan fingerprint density at radius 3 is 2.62 bits per heavy atom. The first-order chi connectivity index (χ1) is 14.0. The monoisotopic (exact) mass is 433 g/mol. The molecular weight excluding hydrogens is 413 g/mol. The van der Waals surface area contributed by atoms with Crippen LogP contribution in [0.15, 0.2) is 47.1 Å². The van der Waals surface area contributed by atoms with Crippen molar-refractivity contribution in [2.24, 2.45) is 4.99 Å². The van der Waals surface area contributed by atoms with Crippen molar-refractivity contribution in [3.05, 3.63) is 63.3 Å². The summed E-state index contributed by atoms with van der Waals surface area (Å²) in [5.41, 5.74) is 1.36. The second-order valence-electron chi connectivity index (χ2n) is 6.28. The van der Waals surface area contributed by atoms with Crippen LogP contribution >= 0.6 is 23.2 Å². The summed E-state index contributed by atoms with van der Waals surface area (Å²) in [6.07, 6.45) is 3.52. The van der Waals surface area contributed by atoms with E-state index < -0.39 is 5.97 Å². The Morgan fingerprint density at radius 1 is 1.10 bits per heavy atom. The number of rotatable bonds is 8. The van der Waals surface area contributed by atoms with Crippen molar-refractivity contribution in [2.45, 2.75) is 26.7 Å². The third-order valence-corrected chi connectivity index (χ3v) is 4.71. The van der Waals surface area contributed by atoms with E-state index >= 15 is 0 Å². The van der Waals surface area contributed by atoms with E-state index in [1.54, 1.807) is 42.5 Å². The molecule has 152 valence electrons. The highest BCUT2D eigenvalue weighted by Gasteiger charge is 2.25. The van der Waals surface area contributed by atoms with Crippen molar-refractivity contribution in [2.75, 3.05) is 13.2 Å². The smallest absolute Gasteiger partial charge is 0.363 e. The van der Waals surface area contributed by atoms with Gasteiger partial charge in [0.1, 0.15) is 0 Å². The van der Waals surface area contributed by atoms with E-state index in [1.165, 1.54) is 0 Å². The number of halogens is 2. The molecule has 0 N–H and O–H groups in total. The summed E-state index contributed by atoms with van der Waals surface area (Å²) >= 11 is 12.6. The third kappa shape index (κ3) is 5.11. The van der Waals surface area contributed by atoms with Crippen molar-refractivity contribution in [3.63, 3.8) is 0 Å². The van der Waals surface area contributed by atoms with Gasteiger partial charge < -0.3 is 14.2 Å². The van der Waals surface area contributed by atoms with Crippen molar-refractivity contribution in [3.8, 4) is 11.5 Å². The topological polar surface area (TPSA) is 57.1 Å². The Hall–Kier alpha value is -2.50. The van der Waals surface area contributed by atoms with E-state index in [1.807, 2.05) is 6.92 Å². The standard InChI is InChI=1S/C22H21Cl2NO4/c1-3-5-10-28-20-17(24)11-14(13-19(20)27-4-2)12-18-22(26)29-21(25-18)15-8-6-7-9-16(15)23/h6-9,11-13H,3-5,10H2,1-2H3/b18-12-. The lowest BCUT2D eigenvalue weighted by molar-refractivity contribution is -0.129. The molecule has 5 nitrogen and oxygen atoms in total. The van der Waals surface area contributed by atoms with Crippen LogP contribution in [0, 0.1) is 0 Å². The normalized spacial score (nSPS) is 14.7. The summed E-state index contributed by atoms with van der Waals surface area (Å²) in [5.74, 6) is 0.628. The fourth-order valence-electron chi connectivity index (χ4n) is 2.71. The molecule has 0 spiro atoms. The van der Waals surface area contributed by atoms with Crippen LogP contribution in [0.25, 0.3) is 6.08 Å². The molecule has 0 saturated carbocycles. The summed E-state index contributed by atoms with van der Waals surface area (Å²) in [4.78, 5) is 16.6. The van der Waals surface area contributed by atoms with Gasteiger partial charge in [0.2, 0.25) is 5.90 Å². The number of carbonyl (C=O) groups is 1. The highest BCUT2D eigenvalue weighted by molar-refractivity contribution is 6.34. The number of unbranched alkanes of at least 4 members (excludes halogenated alkanes) is 1. The molecule has 0 fully saturated rings. The lowest BCUT2D eigenvalue weighted by Gasteiger charge is -2.14. The van der Waals surface area contributed by atoms with E-state index in [2.05, 4.69) is 11.9 Å². The largest absolute Gasteiger partial charge is 0.490 e. The number of aliphatic imine (C=N–C) groups is 1. The molecule has 0 aromatic heterocycles.